The molecule has 0 spiro atoms. The summed E-state index contributed by atoms with van der Waals surface area (Å²) in [5.41, 5.74) is 0.591. The van der Waals surface area contributed by atoms with Gasteiger partial charge >= 0.3 is 0 Å². The van der Waals surface area contributed by atoms with E-state index >= 15 is 0 Å². The summed E-state index contributed by atoms with van der Waals surface area (Å²) in [6.07, 6.45) is 8.72. The van der Waals surface area contributed by atoms with Gasteiger partial charge in [0.2, 0.25) is 5.91 Å². The van der Waals surface area contributed by atoms with Crippen molar-refractivity contribution in [2.45, 2.75) is 44.2 Å². The van der Waals surface area contributed by atoms with Crippen LogP contribution in [0.4, 0.5) is 0 Å². The molecular formula is C18H28N4O2. The molecule has 6 nitrogen and oxygen atoms in total. The zero-order chi connectivity index (χ0) is 16.7. The number of morpholine rings is 1. The highest BCUT2D eigenvalue weighted by molar-refractivity contribution is 5.83. The van der Waals surface area contributed by atoms with Gasteiger partial charge in [-0.25, -0.2) is 0 Å². The van der Waals surface area contributed by atoms with E-state index in [-0.39, 0.29) is 6.04 Å². The fourth-order valence-corrected chi connectivity index (χ4v) is 4.20. The summed E-state index contributed by atoms with van der Waals surface area (Å²) in [4.78, 5) is 17.8. The van der Waals surface area contributed by atoms with Crippen LogP contribution in [0.25, 0.3) is 0 Å². The van der Waals surface area contributed by atoms with E-state index in [4.69, 9.17) is 4.74 Å². The van der Waals surface area contributed by atoms with E-state index in [0.29, 0.717) is 31.5 Å². The molecule has 1 aromatic rings. The van der Waals surface area contributed by atoms with Crippen molar-refractivity contribution in [1.29, 1.82) is 0 Å². The molecule has 132 valence electrons. The van der Waals surface area contributed by atoms with Crippen LogP contribution in [0.3, 0.4) is 0 Å². The molecule has 4 rings (SSSR count). The van der Waals surface area contributed by atoms with E-state index < -0.39 is 5.60 Å². The molecule has 0 bridgehead atoms. The summed E-state index contributed by atoms with van der Waals surface area (Å²) in [6.45, 7) is 6.15. The van der Waals surface area contributed by atoms with Gasteiger partial charge in [-0.2, -0.15) is 5.10 Å². The average Bonchev–Trinajstić information content (AvgIpc) is 3.06. The van der Waals surface area contributed by atoms with Gasteiger partial charge in [-0.1, -0.05) is 0 Å². The summed E-state index contributed by atoms with van der Waals surface area (Å²) >= 11 is 0. The van der Waals surface area contributed by atoms with Gasteiger partial charge in [-0.05, 0) is 51.6 Å². The molecule has 0 N–H and O–H groups in total. The van der Waals surface area contributed by atoms with Gasteiger partial charge < -0.3 is 9.64 Å². The fourth-order valence-electron chi connectivity index (χ4n) is 4.20. The van der Waals surface area contributed by atoms with Crippen LogP contribution in [0.15, 0.2) is 12.4 Å². The van der Waals surface area contributed by atoms with E-state index in [1.165, 1.54) is 25.7 Å². The van der Waals surface area contributed by atoms with Crippen LogP contribution in [-0.4, -0.2) is 64.3 Å². The smallest absolute Gasteiger partial charge is 0.240 e. The molecule has 2 aliphatic heterocycles. The Kier molecular flexibility index (Phi) is 4.12. The third-order valence-electron chi connectivity index (χ3n) is 5.76. The van der Waals surface area contributed by atoms with Crippen molar-refractivity contribution in [2.24, 2.45) is 13.0 Å². The first-order chi connectivity index (χ1) is 11.6. The zero-order valence-electron chi connectivity index (χ0n) is 14.8. The molecule has 2 atom stereocenters. The second kappa shape index (κ2) is 6.15. The van der Waals surface area contributed by atoms with Crippen molar-refractivity contribution in [3.63, 3.8) is 0 Å². The van der Waals surface area contributed by atoms with E-state index in [9.17, 15) is 4.79 Å². The fraction of sp³-hybridized carbons (Fsp3) is 0.778. The number of likely N-dealkylation sites (tertiary alicyclic amines) is 1. The topological polar surface area (TPSA) is 50.6 Å². The molecule has 2 unspecified atom stereocenters. The van der Waals surface area contributed by atoms with Crippen molar-refractivity contribution in [2.75, 3.05) is 32.8 Å². The molecule has 3 fully saturated rings. The lowest BCUT2D eigenvalue weighted by Crippen LogP contribution is -2.56. The molecule has 1 aliphatic carbocycles. The highest BCUT2D eigenvalue weighted by Crippen LogP contribution is 2.38. The number of hydrogen-bond donors (Lipinski definition) is 0. The summed E-state index contributed by atoms with van der Waals surface area (Å²) in [5.74, 6) is 0.890. The van der Waals surface area contributed by atoms with Crippen molar-refractivity contribution in [3.05, 3.63) is 18.0 Å². The standard InChI is InChI=1S/C18H28N4O2/c1-18(15-11-19-20(2)12-15)13-22(9-10-24-18)17(23)16(14-5-6-14)21-7-3-4-8-21/h11-12,14,16H,3-10,13H2,1-2H3. The van der Waals surface area contributed by atoms with Gasteiger partial charge in [0.25, 0.3) is 0 Å². The number of amides is 1. The van der Waals surface area contributed by atoms with Gasteiger partial charge in [-0.3, -0.25) is 14.4 Å². The molecule has 0 radical (unpaired) electrons. The Labute approximate surface area is 143 Å². The van der Waals surface area contributed by atoms with Gasteiger partial charge in [0.1, 0.15) is 5.60 Å². The number of carbonyl (C=O) groups excluding carboxylic acids is 1. The summed E-state index contributed by atoms with van der Waals surface area (Å²) in [5, 5.41) is 4.27. The molecule has 3 heterocycles. The SMILES string of the molecule is Cn1cc(C2(C)CN(C(=O)C(C3CC3)N3CCCC3)CCO2)cn1. The van der Waals surface area contributed by atoms with Crippen LogP contribution >= 0.6 is 0 Å². The van der Waals surface area contributed by atoms with Crippen molar-refractivity contribution in [3.8, 4) is 0 Å². The quantitative estimate of drug-likeness (QED) is 0.836. The predicted octanol–water partition coefficient (Wildman–Crippen LogP) is 1.37. The van der Waals surface area contributed by atoms with Crippen LogP contribution < -0.4 is 0 Å². The van der Waals surface area contributed by atoms with Gasteiger partial charge in [-0.15, -0.1) is 0 Å². The molecule has 0 aromatic carbocycles. The summed E-state index contributed by atoms with van der Waals surface area (Å²) in [7, 11) is 1.91. The second-order valence-electron chi connectivity index (χ2n) is 7.77. The first kappa shape index (κ1) is 16.1. The summed E-state index contributed by atoms with van der Waals surface area (Å²) in [6, 6.07) is 0.101. The van der Waals surface area contributed by atoms with Crippen molar-refractivity contribution < 1.29 is 9.53 Å². The van der Waals surface area contributed by atoms with Gasteiger partial charge in [0, 0.05) is 25.4 Å². The number of hydrogen-bond acceptors (Lipinski definition) is 4. The molecular weight excluding hydrogens is 304 g/mol. The van der Waals surface area contributed by atoms with Crippen LogP contribution in [0, 0.1) is 5.92 Å². The third-order valence-corrected chi connectivity index (χ3v) is 5.76. The first-order valence-electron chi connectivity index (χ1n) is 9.23. The van der Waals surface area contributed by atoms with Gasteiger partial charge in [0.15, 0.2) is 0 Å². The van der Waals surface area contributed by atoms with Crippen molar-refractivity contribution in [1.82, 2.24) is 19.6 Å². The number of aromatic nitrogens is 2. The predicted molar refractivity (Wildman–Crippen MR) is 90.4 cm³/mol. The van der Waals surface area contributed by atoms with Crippen LogP contribution in [-0.2, 0) is 22.2 Å². The maximum atomic E-state index is 13.3. The van der Waals surface area contributed by atoms with E-state index in [2.05, 4.69) is 16.9 Å². The average molecular weight is 332 g/mol. The number of nitrogens with zero attached hydrogens (tertiary/aromatic N) is 4. The highest BCUT2D eigenvalue weighted by atomic mass is 16.5. The maximum Gasteiger partial charge on any atom is 0.240 e. The molecule has 2 saturated heterocycles. The Morgan fingerprint density at radius 1 is 1.33 bits per heavy atom. The Bertz CT molecular complexity index is 606. The molecule has 1 saturated carbocycles. The lowest BCUT2D eigenvalue weighted by molar-refractivity contribution is -0.155. The second-order valence-corrected chi connectivity index (χ2v) is 7.77. The van der Waals surface area contributed by atoms with E-state index in [1.807, 2.05) is 24.3 Å². The first-order valence-corrected chi connectivity index (χ1v) is 9.23. The lowest BCUT2D eigenvalue weighted by Gasteiger charge is -2.42. The van der Waals surface area contributed by atoms with Crippen LogP contribution in [0.2, 0.25) is 0 Å². The third kappa shape index (κ3) is 2.97. The van der Waals surface area contributed by atoms with Crippen molar-refractivity contribution >= 4 is 5.91 Å². The molecule has 3 aliphatic rings. The normalized spacial score (nSPS) is 29.8. The Morgan fingerprint density at radius 2 is 2.08 bits per heavy atom. The Morgan fingerprint density at radius 3 is 2.71 bits per heavy atom. The monoisotopic (exact) mass is 332 g/mol. The zero-order valence-corrected chi connectivity index (χ0v) is 14.8. The molecule has 24 heavy (non-hydrogen) atoms. The largest absolute Gasteiger partial charge is 0.367 e. The van der Waals surface area contributed by atoms with E-state index in [0.717, 1.165) is 18.7 Å². The maximum absolute atomic E-state index is 13.3. The number of rotatable bonds is 4. The Hall–Kier alpha value is -1.40. The Balaban J connectivity index is 1.51. The number of carbonyl (C=O) groups is 1. The minimum absolute atomic E-state index is 0.101. The minimum Gasteiger partial charge on any atom is -0.367 e. The van der Waals surface area contributed by atoms with Gasteiger partial charge in [0.05, 0.1) is 25.4 Å². The number of aryl methyl sites for hydroxylation is 1. The molecule has 1 amide bonds. The lowest BCUT2D eigenvalue weighted by atomic mass is 9.96. The number of ether oxygens (including phenoxy) is 1. The van der Waals surface area contributed by atoms with Crippen LogP contribution in [0.5, 0.6) is 0 Å². The van der Waals surface area contributed by atoms with Crippen LogP contribution in [0.1, 0.15) is 38.2 Å². The molecule has 6 heteroatoms. The molecule has 1 aromatic heterocycles. The van der Waals surface area contributed by atoms with E-state index in [1.54, 1.807) is 4.68 Å². The summed E-state index contributed by atoms with van der Waals surface area (Å²) < 4.78 is 7.86. The highest BCUT2D eigenvalue weighted by Gasteiger charge is 2.45. The minimum atomic E-state index is -0.457.